The largest absolute Gasteiger partial charge is 0.384 e. The molecule has 7 heteroatoms. The quantitative estimate of drug-likeness (QED) is 0.385. The summed E-state index contributed by atoms with van der Waals surface area (Å²) in [5, 5.41) is 4.18. The Bertz CT molecular complexity index is 555. The van der Waals surface area contributed by atoms with Gasteiger partial charge >= 0.3 is 0 Å². The van der Waals surface area contributed by atoms with Crippen LogP contribution >= 0.6 is 0 Å². The molecule has 3 nitrogen and oxygen atoms in total. The van der Waals surface area contributed by atoms with Crippen LogP contribution in [-0.4, -0.2) is 13.0 Å². The molecule has 0 spiro atoms. The molecule has 0 aliphatic carbocycles. The van der Waals surface area contributed by atoms with Gasteiger partial charge in [0.25, 0.3) is 5.91 Å². The van der Waals surface area contributed by atoms with E-state index >= 15 is 0 Å². The van der Waals surface area contributed by atoms with Crippen LogP contribution in [0.5, 0.6) is 0 Å². The fourth-order valence-electron chi connectivity index (χ4n) is 1.33. The van der Waals surface area contributed by atoms with Gasteiger partial charge in [-0.2, -0.15) is 0 Å². The molecule has 1 amide bonds. The molecule has 0 saturated carbocycles. The molecule has 0 heterocycles. The Hall–Kier alpha value is -2.05. The van der Waals surface area contributed by atoms with Gasteiger partial charge in [-0.15, -0.1) is 0 Å². The number of hydrogen-bond donors (Lipinski definition) is 2. The van der Waals surface area contributed by atoms with E-state index in [9.17, 15) is 22.4 Å². The van der Waals surface area contributed by atoms with Gasteiger partial charge in [0.15, 0.2) is 23.3 Å². The number of hydrogen-bond acceptors (Lipinski definition) is 2. The summed E-state index contributed by atoms with van der Waals surface area (Å²) < 4.78 is 53.1. The van der Waals surface area contributed by atoms with Crippen molar-refractivity contribution < 1.29 is 22.4 Å². The average Bonchev–Trinajstić information content (AvgIpc) is 2.41. The lowest BCUT2D eigenvalue weighted by Crippen LogP contribution is -2.17. The molecule has 0 atom stereocenters. The second-order valence-corrected chi connectivity index (χ2v) is 3.68. The number of allylic oxidation sites excluding steroid dienone is 1. The van der Waals surface area contributed by atoms with Crippen molar-refractivity contribution in [2.45, 2.75) is 13.8 Å². The van der Waals surface area contributed by atoms with E-state index in [1.54, 1.807) is 6.92 Å². The first-order valence-corrected chi connectivity index (χ1v) is 5.33. The zero-order chi connectivity index (χ0) is 14.7. The highest BCUT2D eigenvalue weighted by atomic mass is 19.2. The van der Waals surface area contributed by atoms with Crippen LogP contribution < -0.4 is 10.6 Å². The Kier molecular flexibility index (Phi) is 4.52. The third kappa shape index (κ3) is 2.69. The normalized spacial score (nSPS) is 11.4. The van der Waals surface area contributed by atoms with Crippen molar-refractivity contribution in [3.05, 3.63) is 34.9 Å². The fraction of sp³-hybridized carbons (Fsp3) is 0.250. The molecule has 104 valence electrons. The summed E-state index contributed by atoms with van der Waals surface area (Å²) in [5.74, 6) is -7.94. The predicted octanol–water partition coefficient (Wildman–Crippen LogP) is 3.19. The zero-order valence-electron chi connectivity index (χ0n) is 10.5. The average molecular weight is 276 g/mol. The lowest BCUT2D eigenvalue weighted by molar-refractivity contribution is -0.112. The molecule has 0 unspecified atom stereocenters. The number of rotatable bonds is 3. The van der Waals surface area contributed by atoms with Crippen LogP contribution in [0.2, 0.25) is 0 Å². The molecule has 1 aromatic carbocycles. The molecular weight excluding hydrogens is 264 g/mol. The van der Waals surface area contributed by atoms with Gasteiger partial charge in [0, 0.05) is 12.6 Å². The SMILES string of the molecule is C/C=C(\C)C(=O)Nc1c(F)c(F)c(F)c(F)c1NC. The second-order valence-electron chi connectivity index (χ2n) is 3.68. The van der Waals surface area contributed by atoms with Gasteiger partial charge in [-0.3, -0.25) is 4.79 Å². The van der Waals surface area contributed by atoms with Gasteiger partial charge in [-0.1, -0.05) is 6.08 Å². The van der Waals surface area contributed by atoms with E-state index in [-0.39, 0.29) is 5.57 Å². The van der Waals surface area contributed by atoms with E-state index in [0.29, 0.717) is 0 Å². The number of carbonyl (C=O) groups is 1. The maximum Gasteiger partial charge on any atom is 0.251 e. The first-order chi connectivity index (χ1) is 8.84. The van der Waals surface area contributed by atoms with Gasteiger partial charge in [0.2, 0.25) is 0 Å². The number of anilines is 2. The maximum atomic E-state index is 13.6. The summed E-state index contributed by atoms with van der Waals surface area (Å²) in [4.78, 5) is 11.6. The Labute approximate surface area is 107 Å². The molecule has 19 heavy (non-hydrogen) atoms. The van der Waals surface area contributed by atoms with Crippen LogP contribution in [0.4, 0.5) is 28.9 Å². The van der Waals surface area contributed by atoms with E-state index in [0.717, 1.165) is 0 Å². The molecule has 1 aromatic rings. The van der Waals surface area contributed by atoms with Gasteiger partial charge in [0.05, 0.1) is 0 Å². The number of benzene rings is 1. The molecular formula is C12H12F4N2O. The number of halogens is 4. The van der Waals surface area contributed by atoms with Crippen LogP contribution in [0.1, 0.15) is 13.8 Å². The van der Waals surface area contributed by atoms with Crippen molar-refractivity contribution in [2.24, 2.45) is 0 Å². The Balaban J connectivity index is 3.39. The van der Waals surface area contributed by atoms with E-state index in [4.69, 9.17) is 0 Å². The molecule has 0 aliphatic heterocycles. The molecule has 0 fully saturated rings. The first-order valence-electron chi connectivity index (χ1n) is 5.33. The summed E-state index contributed by atoms with van der Waals surface area (Å²) in [6, 6.07) is 0. The summed E-state index contributed by atoms with van der Waals surface area (Å²) in [5.41, 5.74) is -1.22. The number of nitrogens with one attached hydrogen (secondary N) is 2. The van der Waals surface area contributed by atoms with Crippen molar-refractivity contribution in [3.8, 4) is 0 Å². The van der Waals surface area contributed by atoms with E-state index in [1.807, 2.05) is 5.32 Å². The topological polar surface area (TPSA) is 41.1 Å². The highest BCUT2D eigenvalue weighted by Crippen LogP contribution is 2.32. The number of carbonyl (C=O) groups excluding carboxylic acids is 1. The maximum absolute atomic E-state index is 13.6. The minimum absolute atomic E-state index is 0.214. The third-order valence-electron chi connectivity index (χ3n) is 2.55. The van der Waals surface area contributed by atoms with Crippen molar-refractivity contribution >= 4 is 17.3 Å². The van der Waals surface area contributed by atoms with E-state index in [2.05, 4.69) is 5.32 Å². The molecule has 0 bridgehead atoms. The summed E-state index contributed by atoms with van der Waals surface area (Å²) >= 11 is 0. The van der Waals surface area contributed by atoms with Crippen LogP contribution in [-0.2, 0) is 4.79 Å². The van der Waals surface area contributed by atoms with Crippen molar-refractivity contribution in [3.63, 3.8) is 0 Å². The molecule has 0 aromatic heterocycles. The summed E-state index contributed by atoms with van der Waals surface area (Å²) in [6.07, 6.45) is 1.43. The molecule has 0 saturated heterocycles. The van der Waals surface area contributed by atoms with Crippen molar-refractivity contribution in [1.29, 1.82) is 0 Å². The minimum Gasteiger partial charge on any atom is -0.384 e. The molecule has 0 radical (unpaired) electrons. The monoisotopic (exact) mass is 276 g/mol. The Morgan fingerprint density at radius 1 is 1.00 bits per heavy atom. The summed E-state index contributed by atoms with van der Waals surface area (Å²) in [6.45, 7) is 3.00. The minimum atomic E-state index is -1.98. The van der Waals surface area contributed by atoms with Crippen LogP contribution in [0.3, 0.4) is 0 Å². The van der Waals surface area contributed by atoms with Gasteiger partial charge in [0.1, 0.15) is 11.4 Å². The van der Waals surface area contributed by atoms with E-state index < -0.39 is 40.6 Å². The second kappa shape index (κ2) is 5.73. The lowest BCUT2D eigenvalue weighted by atomic mass is 10.2. The smallest absolute Gasteiger partial charge is 0.251 e. The molecule has 0 aliphatic rings. The first kappa shape index (κ1) is 15.0. The molecule has 2 N–H and O–H groups in total. The van der Waals surface area contributed by atoms with E-state index in [1.165, 1.54) is 20.0 Å². The third-order valence-corrected chi connectivity index (χ3v) is 2.55. The summed E-state index contributed by atoms with van der Waals surface area (Å²) in [7, 11) is 1.19. The zero-order valence-corrected chi connectivity index (χ0v) is 10.5. The van der Waals surface area contributed by atoms with Crippen LogP contribution in [0, 0.1) is 23.3 Å². The van der Waals surface area contributed by atoms with Crippen LogP contribution in [0.15, 0.2) is 11.6 Å². The molecule has 1 rings (SSSR count). The Morgan fingerprint density at radius 3 is 1.89 bits per heavy atom. The van der Waals surface area contributed by atoms with Gasteiger partial charge in [-0.25, -0.2) is 17.6 Å². The van der Waals surface area contributed by atoms with Crippen molar-refractivity contribution in [2.75, 3.05) is 17.7 Å². The van der Waals surface area contributed by atoms with Crippen LogP contribution in [0.25, 0.3) is 0 Å². The number of amides is 1. The van der Waals surface area contributed by atoms with Gasteiger partial charge in [-0.05, 0) is 13.8 Å². The highest BCUT2D eigenvalue weighted by Gasteiger charge is 2.26. The predicted molar refractivity (Wildman–Crippen MR) is 63.9 cm³/mol. The standard InChI is InChI=1S/C12H12F4N2O/c1-4-5(2)12(19)18-11-9(16)7(14)6(13)8(15)10(11)17-3/h4,17H,1-3H3,(H,18,19)/b5-4+. The lowest BCUT2D eigenvalue weighted by Gasteiger charge is -2.14. The van der Waals surface area contributed by atoms with Crippen molar-refractivity contribution in [1.82, 2.24) is 0 Å². The highest BCUT2D eigenvalue weighted by molar-refractivity contribution is 6.05. The fourth-order valence-corrected chi connectivity index (χ4v) is 1.33. The van der Waals surface area contributed by atoms with Gasteiger partial charge < -0.3 is 10.6 Å². The Morgan fingerprint density at radius 2 is 1.47 bits per heavy atom.